The SMILES string of the molecule is COC(=O)C1C(NC(=O)C(NC(=O)c2ccccc2)c2csc(N)n2)C(=O)N1S(=O)(=O)O. The van der Waals surface area contributed by atoms with Crippen molar-refractivity contribution in [2.75, 3.05) is 12.8 Å². The van der Waals surface area contributed by atoms with Crippen LogP contribution in [-0.2, 0) is 29.4 Å². The van der Waals surface area contributed by atoms with Gasteiger partial charge >= 0.3 is 16.3 Å². The van der Waals surface area contributed by atoms with Gasteiger partial charge in [0.1, 0.15) is 6.04 Å². The molecule has 2 heterocycles. The Morgan fingerprint density at radius 1 is 1.28 bits per heavy atom. The minimum atomic E-state index is -5.08. The van der Waals surface area contributed by atoms with E-state index in [1.165, 1.54) is 17.5 Å². The van der Waals surface area contributed by atoms with E-state index in [1.807, 2.05) is 0 Å². The van der Waals surface area contributed by atoms with Crippen molar-refractivity contribution in [3.05, 3.63) is 47.0 Å². The second-order valence-corrected chi connectivity index (χ2v) is 8.63. The van der Waals surface area contributed by atoms with Crippen LogP contribution >= 0.6 is 11.3 Å². The van der Waals surface area contributed by atoms with Crippen molar-refractivity contribution in [1.82, 2.24) is 19.9 Å². The summed E-state index contributed by atoms with van der Waals surface area (Å²) in [5, 5.41) is 6.18. The molecule has 0 radical (unpaired) electrons. The lowest BCUT2D eigenvalue weighted by Gasteiger charge is -2.42. The van der Waals surface area contributed by atoms with Crippen molar-refractivity contribution in [3.63, 3.8) is 0 Å². The molecular formula is C17H17N5O8S2. The van der Waals surface area contributed by atoms with Gasteiger partial charge in [-0.3, -0.25) is 18.9 Å². The first-order valence-electron chi connectivity index (χ1n) is 8.80. The Morgan fingerprint density at radius 3 is 2.47 bits per heavy atom. The number of nitrogen functional groups attached to an aromatic ring is 1. The molecule has 5 N–H and O–H groups in total. The molecule has 3 rings (SSSR count). The number of amides is 3. The number of aromatic nitrogens is 1. The maximum atomic E-state index is 12.9. The van der Waals surface area contributed by atoms with Gasteiger partial charge in [-0.1, -0.05) is 18.2 Å². The second kappa shape index (κ2) is 8.89. The fourth-order valence-corrected chi connectivity index (χ4v) is 4.38. The van der Waals surface area contributed by atoms with Crippen LogP contribution in [0, 0.1) is 0 Å². The Balaban J connectivity index is 1.86. The van der Waals surface area contributed by atoms with Gasteiger partial charge < -0.3 is 21.1 Å². The van der Waals surface area contributed by atoms with Gasteiger partial charge in [0.15, 0.2) is 17.2 Å². The number of nitrogens with one attached hydrogen (secondary N) is 2. The number of nitrogens with two attached hydrogens (primary N) is 1. The number of methoxy groups -OCH3 is 1. The highest BCUT2D eigenvalue weighted by atomic mass is 32.2. The van der Waals surface area contributed by atoms with Crippen LogP contribution in [0.25, 0.3) is 0 Å². The van der Waals surface area contributed by atoms with Crippen LogP contribution < -0.4 is 16.4 Å². The molecule has 3 amide bonds. The van der Waals surface area contributed by atoms with Gasteiger partial charge in [-0.2, -0.15) is 12.7 Å². The molecule has 13 nitrogen and oxygen atoms in total. The lowest BCUT2D eigenvalue weighted by atomic mass is 9.98. The molecule has 0 saturated carbocycles. The van der Waals surface area contributed by atoms with E-state index < -0.39 is 52.1 Å². The summed E-state index contributed by atoms with van der Waals surface area (Å²) in [6.45, 7) is 0. The molecule has 3 unspecified atom stereocenters. The summed E-state index contributed by atoms with van der Waals surface area (Å²) >= 11 is 0.999. The molecule has 1 aliphatic rings. The molecule has 3 atom stereocenters. The zero-order valence-electron chi connectivity index (χ0n) is 16.3. The zero-order chi connectivity index (χ0) is 23.6. The van der Waals surface area contributed by atoms with Gasteiger partial charge in [0.2, 0.25) is 5.91 Å². The Morgan fingerprint density at radius 2 is 1.94 bits per heavy atom. The maximum Gasteiger partial charge on any atom is 0.363 e. The molecule has 1 aliphatic heterocycles. The van der Waals surface area contributed by atoms with Crippen molar-refractivity contribution in [2.45, 2.75) is 18.1 Å². The molecule has 32 heavy (non-hydrogen) atoms. The topological polar surface area (TPSA) is 198 Å². The standard InChI is InChI=1S/C17H17N5O8S2/c1-30-16(26)12-11(15(25)22(12)32(27,28)29)21-14(24)10(9-7-31-17(18)19-9)20-13(23)8-5-3-2-4-6-8/h2-7,10-12H,1H3,(H2,18,19)(H,20,23)(H,21,24)(H,27,28,29). The third-order valence-electron chi connectivity index (χ3n) is 4.45. The van der Waals surface area contributed by atoms with Gasteiger partial charge in [-0.15, -0.1) is 11.3 Å². The Hall–Kier alpha value is -3.56. The van der Waals surface area contributed by atoms with Gasteiger partial charge in [-0.25, -0.2) is 9.78 Å². The number of benzene rings is 1. The average molecular weight is 483 g/mol. The Kier molecular flexibility index (Phi) is 6.42. The Bertz CT molecular complexity index is 1170. The monoisotopic (exact) mass is 483 g/mol. The smallest absolute Gasteiger partial charge is 0.363 e. The first-order valence-corrected chi connectivity index (χ1v) is 11.1. The summed E-state index contributed by atoms with van der Waals surface area (Å²) in [6.07, 6.45) is 0. The van der Waals surface area contributed by atoms with Gasteiger partial charge in [0.25, 0.3) is 11.8 Å². The van der Waals surface area contributed by atoms with Gasteiger partial charge in [0.05, 0.1) is 12.8 Å². The van der Waals surface area contributed by atoms with Crippen LogP contribution in [0.4, 0.5) is 5.13 Å². The highest BCUT2D eigenvalue weighted by Gasteiger charge is 2.58. The predicted octanol–water partition coefficient (Wildman–Crippen LogP) is -1.13. The maximum absolute atomic E-state index is 12.9. The Labute approximate surface area is 185 Å². The summed E-state index contributed by atoms with van der Waals surface area (Å²) in [7, 11) is -4.14. The number of carbonyl (C=O) groups excluding carboxylic acids is 4. The molecule has 2 aromatic rings. The number of esters is 1. The second-order valence-electron chi connectivity index (χ2n) is 6.45. The molecule has 1 saturated heterocycles. The molecule has 1 fully saturated rings. The third-order valence-corrected chi connectivity index (χ3v) is 6.05. The van der Waals surface area contributed by atoms with Crippen molar-refractivity contribution in [1.29, 1.82) is 0 Å². The van der Waals surface area contributed by atoms with E-state index >= 15 is 0 Å². The number of carbonyl (C=O) groups is 4. The average Bonchev–Trinajstić information content (AvgIpc) is 3.18. The van der Waals surface area contributed by atoms with Crippen molar-refractivity contribution in [2.24, 2.45) is 0 Å². The molecule has 0 bridgehead atoms. The lowest BCUT2D eigenvalue weighted by molar-refractivity contribution is -0.162. The molecule has 1 aromatic heterocycles. The number of β-lactam (4-membered cyclic amide) rings is 1. The van der Waals surface area contributed by atoms with E-state index in [1.54, 1.807) is 18.2 Å². The summed E-state index contributed by atoms with van der Waals surface area (Å²) in [5.41, 5.74) is 5.90. The molecule has 15 heteroatoms. The van der Waals surface area contributed by atoms with Crippen molar-refractivity contribution in [3.8, 4) is 0 Å². The summed E-state index contributed by atoms with van der Waals surface area (Å²) in [5.74, 6) is -4.05. The summed E-state index contributed by atoms with van der Waals surface area (Å²) in [6, 6.07) is 3.02. The van der Waals surface area contributed by atoms with Gasteiger partial charge in [-0.05, 0) is 12.1 Å². The normalized spacial score (nSPS) is 18.9. The minimum absolute atomic E-state index is 0.0577. The van der Waals surface area contributed by atoms with E-state index in [0.29, 0.717) is 0 Å². The zero-order valence-corrected chi connectivity index (χ0v) is 17.9. The number of hydrogen-bond donors (Lipinski definition) is 4. The van der Waals surface area contributed by atoms with Crippen LogP contribution in [0.5, 0.6) is 0 Å². The molecular weight excluding hydrogens is 466 g/mol. The van der Waals surface area contributed by atoms with Crippen LogP contribution in [0.3, 0.4) is 0 Å². The first kappa shape index (κ1) is 23.1. The van der Waals surface area contributed by atoms with Gasteiger partial charge in [0, 0.05) is 10.9 Å². The quantitative estimate of drug-likeness (QED) is 0.212. The summed E-state index contributed by atoms with van der Waals surface area (Å²) in [4.78, 5) is 53.7. The van der Waals surface area contributed by atoms with Crippen molar-refractivity contribution < 1.29 is 36.9 Å². The van der Waals surface area contributed by atoms with E-state index in [9.17, 15) is 32.1 Å². The predicted molar refractivity (Wildman–Crippen MR) is 109 cm³/mol. The number of thiazole rings is 1. The molecule has 170 valence electrons. The molecule has 1 aromatic carbocycles. The number of ether oxygens (including phenoxy) is 1. The van der Waals surface area contributed by atoms with Crippen LogP contribution in [0.15, 0.2) is 35.7 Å². The number of hydrogen-bond acceptors (Lipinski definition) is 10. The van der Waals surface area contributed by atoms with E-state index in [2.05, 4.69) is 20.4 Å². The summed E-state index contributed by atoms with van der Waals surface area (Å²) < 4.78 is 36.3. The van der Waals surface area contributed by atoms with Crippen molar-refractivity contribution >= 4 is 50.5 Å². The van der Waals surface area contributed by atoms with Crippen LogP contribution in [-0.4, -0.2) is 65.1 Å². The van der Waals surface area contributed by atoms with E-state index in [0.717, 1.165) is 18.4 Å². The highest BCUT2D eigenvalue weighted by molar-refractivity contribution is 7.84. The van der Waals surface area contributed by atoms with E-state index in [4.69, 9.17) is 5.73 Å². The fraction of sp³-hybridized carbons (Fsp3) is 0.235. The number of anilines is 1. The van der Waals surface area contributed by atoms with E-state index in [-0.39, 0.29) is 20.7 Å². The number of rotatable bonds is 7. The van der Waals surface area contributed by atoms with Crippen LogP contribution in [0.2, 0.25) is 0 Å². The largest absolute Gasteiger partial charge is 0.467 e. The first-order chi connectivity index (χ1) is 15.0. The fourth-order valence-electron chi connectivity index (χ4n) is 2.96. The lowest BCUT2D eigenvalue weighted by Crippen LogP contribution is -2.75. The minimum Gasteiger partial charge on any atom is -0.467 e. The van der Waals surface area contributed by atoms with Crippen LogP contribution in [0.1, 0.15) is 22.1 Å². The highest BCUT2D eigenvalue weighted by Crippen LogP contribution is 2.26. The molecule has 0 aliphatic carbocycles. The third kappa shape index (κ3) is 4.53. The molecule has 0 spiro atoms. The number of nitrogens with zero attached hydrogens (tertiary/aromatic N) is 2.